The first-order chi connectivity index (χ1) is 10.1. The summed E-state index contributed by atoms with van der Waals surface area (Å²) in [7, 11) is 0. The monoisotopic (exact) mass is 289 g/mol. The Bertz CT molecular complexity index is 427. The summed E-state index contributed by atoms with van der Waals surface area (Å²) in [4.78, 5) is 9.72. The van der Waals surface area contributed by atoms with Gasteiger partial charge in [0, 0.05) is 17.3 Å². The third kappa shape index (κ3) is 4.50. The average molecular weight is 289 g/mol. The van der Waals surface area contributed by atoms with Crippen LogP contribution in [0.1, 0.15) is 74.6 Å². The van der Waals surface area contributed by atoms with E-state index in [1.54, 1.807) is 0 Å². The maximum absolute atomic E-state index is 4.86. The van der Waals surface area contributed by atoms with Crippen molar-refractivity contribution in [3.05, 3.63) is 22.8 Å². The minimum Gasteiger partial charge on any atom is -0.317 e. The number of aryl methyl sites for hydroxylation is 2. The lowest BCUT2D eigenvalue weighted by atomic mass is 9.88. The summed E-state index contributed by atoms with van der Waals surface area (Å²) in [6.07, 6.45) is 7.69. The van der Waals surface area contributed by atoms with Gasteiger partial charge in [0.15, 0.2) is 0 Å². The molecule has 0 aromatic carbocycles. The van der Waals surface area contributed by atoms with Crippen LogP contribution in [0.3, 0.4) is 0 Å². The van der Waals surface area contributed by atoms with E-state index in [-0.39, 0.29) is 0 Å². The normalized spacial score (nSPS) is 17.9. The van der Waals surface area contributed by atoms with Gasteiger partial charge in [-0.05, 0) is 57.7 Å². The van der Waals surface area contributed by atoms with Crippen LogP contribution in [0.2, 0.25) is 0 Å². The first-order valence-electron chi connectivity index (χ1n) is 8.66. The van der Waals surface area contributed by atoms with Crippen LogP contribution in [0.5, 0.6) is 0 Å². The van der Waals surface area contributed by atoms with Gasteiger partial charge in [0.25, 0.3) is 0 Å². The average Bonchev–Trinajstić information content (AvgIpc) is 2.49. The van der Waals surface area contributed by atoms with E-state index in [9.17, 15) is 0 Å². The fourth-order valence-corrected chi connectivity index (χ4v) is 3.42. The van der Waals surface area contributed by atoms with Crippen molar-refractivity contribution in [2.45, 2.75) is 72.1 Å². The molecule has 3 nitrogen and oxygen atoms in total. The SMILES string of the molecule is CCNCC(C)Cc1c(C)nc(C2CCCCC2)nc1C. The number of nitrogens with zero attached hydrogens (tertiary/aromatic N) is 2. The lowest BCUT2D eigenvalue weighted by Gasteiger charge is -2.22. The minimum atomic E-state index is 0.601. The summed E-state index contributed by atoms with van der Waals surface area (Å²) >= 11 is 0. The van der Waals surface area contributed by atoms with Crippen LogP contribution in [0, 0.1) is 19.8 Å². The second-order valence-corrected chi connectivity index (χ2v) is 6.68. The van der Waals surface area contributed by atoms with Gasteiger partial charge in [0.2, 0.25) is 0 Å². The molecule has 1 aromatic rings. The molecule has 21 heavy (non-hydrogen) atoms. The standard InChI is InChI=1S/C18H31N3/c1-5-19-12-13(2)11-17-14(3)20-18(21-15(17)4)16-9-7-6-8-10-16/h13,16,19H,5-12H2,1-4H3. The van der Waals surface area contributed by atoms with Crippen molar-refractivity contribution in [3.63, 3.8) is 0 Å². The lowest BCUT2D eigenvalue weighted by molar-refractivity contribution is 0.426. The van der Waals surface area contributed by atoms with Crippen molar-refractivity contribution in [1.82, 2.24) is 15.3 Å². The zero-order chi connectivity index (χ0) is 15.2. The van der Waals surface area contributed by atoms with Crippen LogP contribution in [0.15, 0.2) is 0 Å². The first kappa shape index (κ1) is 16.4. The quantitative estimate of drug-likeness (QED) is 0.862. The van der Waals surface area contributed by atoms with E-state index in [2.05, 4.69) is 33.0 Å². The van der Waals surface area contributed by atoms with Gasteiger partial charge in [-0.3, -0.25) is 0 Å². The number of hydrogen-bond acceptors (Lipinski definition) is 3. The molecule has 0 radical (unpaired) electrons. The van der Waals surface area contributed by atoms with Gasteiger partial charge in [0.05, 0.1) is 0 Å². The van der Waals surface area contributed by atoms with E-state index in [4.69, 9.17) is 9.97 Å². The second kappa shape index (κ2) is 7.88. The molecule has 118 valence electrons. The topological polar surface area (TPSA) is 37.8 Å². The van der Waals surface area contributed by atoms with E-state index >= 15 is 0 Å². The highest BCUT2D eigenvalue weighted by Crippen LogP contribution is 2.31. The van der Waals surface area contributed by atoms with E-state index in [1.807, 2.05) is 0 Å². The van der Waals surface area contributed by atoms with Crippen molar-refractivity contribution in [2.75, 3.05) is 13.1 Å². The highest BCUT2D eigenvalue weighted by Gasteiger charge is 2.20. The number of nitrogens with one attached hydrogen (secondary N) is 1. The molecule has 1 unspecified atom stereocenters. The molecule has 1 saturated carbocycles. The van der Waals surface area contributed by atoms with Gasteiger partial charge < -0.3 is 5.32 Å². The molecule has 1 heterocycles. The minimum absolute atomic E-state index is 0.601. The summed E-state index contributed by atoms with van der Waals surface area (Å²) in [6, 6.07) is 0. The third-order valence-electron chi connectivity index (χ3n) is 4.70. The highest BCUT2D eigenvalue weighted by molar-refractivity contribution is 5.25. The highest BCUT2D eigenvalue weighted by atomic mass is 14.9. The van der Waals surface area contributed by atoms with E-state index in [0.717, 1.165) is 25.3 Å². The summed E-state index contributed by atoms with van der Waals surface area (Å²) in [5, 5.41) is 3.43. The zero-order valence-electron chi connectivity index (χ0n) is 14.2. The van der Waals surface area contributed by atoms with Crippen LogP contribution >= 0.6 is 0 Å². The van der Waals surface area contributed by atoms with Gasteiger partial charge in [-0.25, -0.2) is 9.97 Å². The zero-order valence-corrected chi connectivity index (χ0v) is 14.2. The molecule has 2 rings (SSSR count). The van der Waals surface area contributed by atoms with Crippen LogP contribution in [0.25, 0.3) is 0 Å². The Hall–Kier alpha value is -0.960. The Morgan fingerprint density at radius 3 is 2.29 bits per heavy atom. The molecule has 1 atom stereocenters. The van der Waals surface area contributed by atoms with Crippen LogP contribution in [0.4, 0.5) is 0 Å². The van der Waals surface area contributed by atoms with Crippen molar-refractivity contribution in [3.8, 4) is 0 Å². The molecule has 1 fully saturated rings. The van der Waals surface area contributed by atoms with E-state index in [1.165, 1.54) is 49.1 Å². The fraction of sp³-hybridized carbons (Fsp3) is 0.778. The predicted octanol–water partition coefficient (Wildman–Crippen LogP) is 3.93. The molecule has 1 aromatic heterocycles. The van der Waals surface area contributed by atoms with Crippen molar-refractivity contribution < 1.29 is 0 Å². The van der Waals surface area contributed by atoms with Gasteiger partial charge in [-0.15, -0.1) is 0 Å². The molecule has 1 aliphatic rings. The first-order valence-corrected chi connectivity index (χ1v) is 8.66. The van der Waals surface area contributed by atoms with Crippen LogP contribution in [-0.2, 0) is 6.42 Å². The molecule has 0 spiro atoms. The summed E-state index contributed by atoms with van der Waals surface area (Å²) in [5.41, 5.74) is 3.76. The number of rotatable bonds is 6. The molecular weight excluding hydrogens is 258 g/mol. The van der Waals surface area contributed by atoms with Gasteiger partial charge in [-0.2, -0.15) is 0 Å². The molecule has 0 saturated heterocycles. The molecular formula is C18H31N3. The number of hydrogen-bond donors (Lipinski definition) is 1. The second-order valence-electron chi connectivity index (χ2n) is 6.68. The van der Waals surface area contributed by atoms with Crippen LogP contribution < -0.4 is 5.32 Å². The maximum Gasteiger partial charge on any atom is 0.131 e. The summed E-state index contributed by atoms with van der Waals surface area (Å²) in [5.74, 6) is 2.34. The summed E-state index contributed by atoms with van der Waals surface area (Å²) < 4.78 is 0. The number of aromatic nitrogens is 2. The Morgan fingerprint density at radius 1 is 1.10 bits per heavy atom. The van der Waals surface area contributed by atoms with Crippen molar-refractivity contribution in [2.24, 2.45) is 5.92 Å². The molecule has 1 N–H and O–H groups in total. The fourth-order valence-electron chi connectivity index (χ4n) is 3.42. The lowest BCUT2D eigenvalue weighted by Crippen LogP contribution is -2.23. The van der Waals surface area contributed by atoms with Crippen molar-refractivity contribution >= 4 is 0 Å². The third-order valence-corrected chi connectivity index (χ3v) is 4.70. The van der Waals surface area contributed by atoms with E-state index in [0.29, 0.717) is 11.8 Å². The van der Waals surface area contributed by atoms with Crippen LogP contribution in [-0.4, -0.2) is 23.1 Å². The molecule has 0 amide bonds. The Balaban J connectivity index is 2.09. The smallest absolute Gasteiger partial charge is 0.131 e. The Morgan fingerprint density at radius 2 is 1.71 bits per heavy atom. The summed E-state index contributed by atoms with van der Waals surface area (Å²) in [6.45, 7) is 10.9. The Kier molecular flexibility index (Phi) is 6.16. The van der Waals surface area contributed by atoms with Gasteiger partial charge in [0.1, 0.15) is 5.82 Å². The molecule has 0 aliphatic heterocycles. The molecule has 3 heteroatoms. The molecule has 0 bridgehead atoms. The largest absolute Gasteiger partial charge is 0.317 e. The maximum atomic E-state index is 4.86. The van der Waals surface area contributed by atoms with Crippen molar-refractivity contribution in [1.29, 1.82) is 0 Å². The predicted molar refractivity (Wildman–Crippen MR) is 88.7 cm³/mol. The van der Waals surface area contributed by atoms with E-state index < -0.39 is 0 Å². The Labute approximate surface area is 130 Å². The van der Waals surface area contributed by atoms with Gasteiger partial charge >= 0.3 is 0 Å². The van der Waals surface area contributed by atoms with Gasteiger partial charge in [-0.1, -0.05) is 33.1 Å². The molecule has 1 aliphatic carbocycles.